The normalized spacial score (nSPS) is 17.8. The van der Waals surface area contributed by atoms with E-state index in [0.29, 0.717) is 12.2 Å². The van der Waals surface area contributed by atoms with E-state index in [-0.39, 0.29) is 17.4 Å². The molecule has 0 radical (unpaired) electrons. The van der Waals surface area contributed by atoms with Gasteiger partial charge in [0, 0.05) is 29.7 Å². The highest BCUT2D eigenvalue weighted by atomic mass is 16.5. The third-order valence-electron chi connectivity index (χ3n) is 5.96. The number of hydrogen-bond acceptors (Lipinski definition) is 5. The summed E-state index contributed by atoms with van der Waals surface area (Å²) in [6, 6.07) is 11.4. The van der Waals surface area contributed by atoms with E-state index in [4.69, 9.17) is 9.72 Å². The topological polar surface area (TPSA) is 77.0 Å². The van der Waals surface area contributed by atoms with Gasteiger partial charge < -0.3 is 10.1 Å². The molecule has 1 amide bonds. The van der Waals surface area contributed by atoms with E-state index in [2.05, 4.69) is 29.1 Å². The molecule has 1 N–H and O–H groups in total. The quantitative estimate of drug-likeness (QED) is 0.606. The minimum absolute atomic E-state index is 0.00734. The van der Waals surface area contributed by atoms with E-state index in [1.165, 1.54) is 0 Å². The Kier molecular flexibility index (Phi) is 6.21. The zero-order valence-corrected chi connectivity index (χ0v) is 19.1. The van der Waals surface area contributed by atoms with Gasteiger partial charge in [0.1, 0.15) is 5.75 Å². The van der Waals surface area contributed by atoms with Gasteiger partial charge in [-0.15, -0.1) is 0 Å². The van der Waals surface area contributed by atoms with Gasteiger partial charge in [-0.3, -0.25) is 9.78 Å². The van der Waals surface area contributed by atoms with Gasteiger partial charge in [0.25, 0.3) is 5.91 Å². The molecule has 2 heterocycles. The van der Waals surface area contributed by atoms with E-state index >= 15 is 0 Å². The Hall–Kier alpha value is -3.28. The molecule has 3 aromatic rings. The number of aryl methyl sites for hydroxylation is 1. The molecule has 1 aliphatic carbocycles. The second kappa shape index (κ2) is 9.07. The molecular weight excluding hydrogens is 400 g/mol. The minimum atomic E-state index is -0.554. The van der Waals surface area contributed by atoms with Crippen molar-refractivity contribution >= 4 is 5.91 Å². The lowest BCUT2D eigenvalue weighted by Gasteiger charge is -2.37. The van der Waals surface area contributed by atoms with Crippen molar-refractivity contribution in [1.29, 1.82) is 0 Å². The summed E-state index contributed by atoms with van der Waals surface area (Å²) in [6.45, 7) is 8.37. The zero-order chi connectivity index (χ0) is 22.7. The highest BCUT2D eigenvalue weighted by molar-refractivity contribution is 5.81. The van der Waals surface area contributed by atoms with Crippen LogP contribution < -0.4 is 10.1 Å². The number of hydrogen-bond donors (Lipinski definition) is 1. The van der Waals surface area contributed by atoms with Crippen molar-refractivity contribution in [1.82, 2.24) is 20.3 Å². The molecule has 2 atom stereocenters. The summed E-state index contributed by atoms with van der Waals surface area (Å²) in [4.78, 5) is 26.7. The molecule has 6 nitrogen and oxygen atoms in total. The molecule has 2 aromatic heterocycles. The van der Waals surface area contributed by atoms with E-state index in [1.807, 2.05) is 56.4 Å². The molecule has 166 valence electrons. The lowest BCUT2D eigenvalue weighted by molar-refractivity contribution is -0.129. The Morgan fingerprint density at radius 3 is 2.69 bits per heavy atom. The van der Waals surface area contributed by atoms with Gasteiger partial charge in [0.05, 0.1) is 11.7 Å². The van der Waals surface area contributed by atoms with E-state index in [0.717, 1.165) is 41.0 Å². The fourth-order valence-corrected chi connectivity index (χ4v) is 4.24. The number of nitrogens with one attached hydrogen (secondary N) is 1. The van der Waals surface area contributed by atoms with Crippen molar-refractivity contribution in [3.05, 3.63) is 71.8 Å². The lowest BCUT2D eigenvalue weighted by atomic mass is 9.74. The van der Waals surface area contributed by atoms with Crippen molar-refractivity contribution in [2.45, 2.75) is 59.1 Å². The first kappa shape index (κ1) is 21.9. The highest BCUT2D eigenvalue weighted by Gasteiger charge is 2.35. The number of ether oxygens (including phenoxy) is 1. The van der Waals surface area contributed by atoms with Crippen LogP contribution in [0, 0.1) is 12.3 Å². The summed E-state index contributed by atoms with van der Waals surface area (Å²) < 4.78 is 6.07. The maximum Gasteiger partial charge on any atom is 0.261 e. The first-order valence-corrected chi connectivity index (χ1v) is 11.1. The zero-order valence-electron chi connectivity index (χ0n) is 19.1. The van der Waals surface area contributed by atoms with Gasteiger partial charge in [-0.1, -0.05) is 39.0 Å². The summed E-state index contributed by atoms with van der Waals surface area (Å²) in [5.74, 6) is 1.31. The standard InChI is InChI=1S/C26H30N4O2/c1-5-22(32-23-9-7-6-8-17(23)2)25(31)30-21-15-26(3,4)14-20-19(21)16-28-24(29-20)18-10-12-27-13-11-18/h6-13,16,21-22H,5,14-15H2,1-4H3,(H,30,31)/t21-,22+/m1/s1. The maximum atomic E-state index is 13.2. The smallest absolute Gasteiger partial charge is 0.261 e. The molecule has 1 aliphatic rings. The number of para-hydroxylation sites is 1. The third-order valence-corrected chi connectivity index (χ3v) is 5.96. The molecule has 0 unspecified atom stereocenters. The van der Waals surface area contributed by atoms with Crippen LogP contribution in [0.4, 0.5) is 0 Å². The van der Waals surface area contributed by atoms with Gasteiger partial charge in [0.2, 0.25) is 0 Å². The Morgan fingerprint density at radius 1 is 1.22 bits per heavy atom. The molecule has 6 heteroatoms. The first-order chi connectivity index (χ1) is 15.4. The number of rotatable bonds is 6. The molecule has 0 spiro atoms. The molecule has 0 fully saturated rings. The van der Waals surface area contributed by atoms with Crippen molar-refractivity contribution in [2.24, 2.45) is 5.41 Å². The maximum absolute atomic E-state index is 13.2. The summed E-state index contributed by atoms with van der Waals surface area (Å²) in [7, 11) is 0. The van der Waals surface area contributed by atoms with Gasteiger partial charge in [-0.25, -0.2) is 9.97 Å². The van der Waals surface area contributed by atoms with E-state index in [1.54, 1.807) is 12.4 Å². The fourth-order valence-electron chi connectivity index (χ4n) is 4.24. The number of amides is 1. The van der Waals surface area contributed by atoms with Gasteiger partial charge in [-0.2, -0.15) is 0 Å². The predicted molar refractivity (Wildman–Crippen MR) is 124 cm³/mol. The molecule has 0 bridgehead atoms. The van der Waals surface area contributed by atoms with E-state index < -0.39 is 6.10 Å². The van der Waals surface area contributed by atoms with Crippen LogP contribution in [-0.4, -0.2) is 27.0 Å². The third kappa shape index (κ3) is 4.79. The van der Waals surface area contributed by atoms with Gasteiger partial charge in [-0.05, 0) is 55.4 Å². The van der Waals surface area contributed by atoms with Crippen LogP contribution in [0.5, 0.6) is 5.75 Å². The second-order valence-electron chi connectivity index (χ2n) is 9.22. The minimum Gasteiger partial charge on any atom is -0.480 e. The SMILES string of the molecule is CC[C@H](Oc1ccccc1C)C(=O)N[C@@H]1CC(C)(C)Cc2nc(-c3ccncc3)ncc21. The number of carbonyl (C=O) groups excluding carboxylic acids is 1. The lowest BCUT2D eigenvalue weighted by Crippen LogP contribution is -2.43. The predicted octanol–water partition coefficient (Wildman–Crippen LogP) is 4.83. The Morgan fingerprint density at radius 2 is 1.97 bits per heavy atom. The molecule has 0 saturated carbocycles. The summed E-state index contributed by atoms with van der Waals surface area (Å²) in [5, 5.41) is 3.23. The second-order valence-corrected chi connectivity index (χ2v) is 9.22. The molecular formula is C26H30N4O2. The molecule has 0 aliphatic heterocycles. The van der Waals surface area contributed by atoms with Crippen molar-refractivity contribution in [3.63, 3.8) is 0 Å². The van der Waals surface area contributed by atoms with Crippen LogP contribution in [0.2, 0.25) is 0 Å². The van der Waals surface area contributed by atoms with Crippen molar-refractivity contribution in [2.75, 3.05) is 0 Å². The molecule has 32 heavy (non-hydrogen) atoms. The molecule has 4 rings (SSSR count). The number of nitrogens with zero attached hydrogens (tertiary/aromatic N) is 3. The van der Waals surface area contributed by atoms with Crippen LogP contribution in [0.3, 0.4) is 0 Å². The number of fused-ring (bicyclic) bond motifs is 1. The Bertz CT molecular complexity index is 1100. The summed E-state index contributed by atoms with van der Waals surface area (Å²) in [5.41, 5.74) is 3.93. The Labute approximate surface area is 189 Å². The van der Waals surface area contributed by atoms with Crippen molar-refractivity contribution in [3.8, 4) is 17.1 Å². The van der Waals surface area contributed by atoms with Gasteiger partial charge >= 0.3 is 0 Å². The van der Waals surface area contributed by atoms with E-state index in [9.17, 15) is 4.79 Å². The largest absolute Gasteiger partial charge is 0.480 e. The van der Waals surface area contributed by atoms with Crippen molar-refractivity contribution < 1.29 is 9.53 Å². The summed E-state index contributed by atoms with van der Waals surface area (Å²) in [6.07, 6.45) is 7.04. The fraction of sp³-hybridized carbons (Fsp3) is 0.385. The van der Waals surface area contributed by atoms with Gasteiger partial charge in [0.15, 0.2) is 11.9 Å². The first-order valence-electron chi connectivity index (χ1n) is 11.1. The van der Waals surface area contributed by atoms with Crippen LogP contribution in [0.25, 0.3) is 11.4 Å². The average Bonchev–Trinajstić information content (AvgIpc) is 2.78. The molecule has 1 aromatic carbocycles. The summed E-state index contributed by atoms with van der Waals surface area (Å²) >= 11 is 0. The molecule has 0 saturated heterocycles. The monoisotopic (exact) mass is 430 g/mol. The average molecular weight is 431 g/mol. The number of aromatic nitrogens is 3. The van der Waals surface area contributed by atoms with Crippen LogP contribution in [0.1, 0.15) is 56.5 Å². The van der Waals surface area contributed by atoms with Crippen LogP contribution in [0.15, 0.2) is 55.0 Å². The number of carbonyl (C=O) groups is 1. The Balaban J connectivity index is 1.57. The highest BCUT2D eigenvalue weighted by Crippen LogP contribution is 2.40. The number of pyridine rings is 1. The van der Waals surface area contributed by atoms with Crippen LogP contribution in [-0.2, 0) is 11.2 Å². The van der Waals surface area contributed by atoms with Crippen LogP contribution >= 0.6 is 0 Å². The number of benzene rings is 1.